The lowest BCUT2D eigenvalue weighted by Gasteiger charge is -2.33. The molecule has 5 nitrogen and oxygen atoms in total. The molecule has 3 rings (SSSR count). The predicted octanol–water partition coefficient (Wildman–Crippen LogP) is 4.18. The first-order chi connectivity index (χ1) is 14.0. The van der Waals surface area contributed by atoms with Gasteiger partial charge in [0.1, 0.15) is 0 Å². The molecule has 1 fully saturated rings. The highest BCUT2D eigenvalue weighted by molar-refractivity contribution is 14.0. The van der Waals surface area contributed by atoms with Crippen LogP contribution < -0.4 is 10.6 Å². The Morgan fingerprint density at radius 2 is 1.93 bits per heavy atom. The van der Waals surface area contributed by atoms with Gasteiger partial charge in [-0.1, -0.05) is 35.9 Å². The lowest BCUT2D eigenvalue weighted by atomic mass is 10.0. The van der Waals surface area contributed by atoms with E-state index in [4.69, 9.17) is 0 Å². The zero-order valence-electron chi connectivity index (χ0n) is 17.7. The Bertz CT molecular complexity index is 838. The van der Waals surface area contributed by atoms with Crippen LogP contribution in [0.25, 0.3) is 0 Å². The molecule has 164 valence electrons. The quantitative estimate of drug-likeness (QED) is 0.301. The minimum Gasteiger partial charge on any atom is -0.505 e. The minimum absolute atomic E-state index is 0. The molecule has 2 aromatic carbocycles. The number of likely N-dealkylation sites (tertiary alicyclic amines) is 1. The molecule has 0 aromatic heterocycles. The van der Waals surface area contributed by atoms with E-state index in [0.717, 1.165) is 50.5 Å². The maximum atomic E-state index is 13.5. The van der Waals surface area contributed by atoms with E-state index in [9.17, 15) is 9.50 Å². The van der Waals surface area contributed by atoms with E-state index >= 15 is 0 Å². The highest BCUT2D eigenvalue weighted by atomic mass is 127. The van der Waals surface area contributed by atoms with Crippen LogP contribution in [0.2, 0.25) is 0 Å². The minimum atomic E-state index is -0.614. The molecule has 0 saturated carbocycles. The van der Waals surface area contributed by atoms with Crippen LogP contribution in [0.3, 0.4) is 0 Å². The number of aliphatic imine (C=N–C) groups is 1. The number of guanidine groups is 1. The van der Waals surface area contributed by atoms with E-state index in [2.05, 4.69) is 51.7 Å². The SMILES string of the molecule is CCNC(=NCc1ccc(O)c(F)c1)NC1CCN(Cc2cccc(C)c2)CC1.I. The number of piperidine rings is 1. The van der Waals surface area contributed by atoms with Gasteiger partial charge in [0.25, 0.3) is 0 Å². The number of hydrogen-bond donors (Lipinski definition) is 3. The fourth-order valence-corrected chi connectivity index (χ4v) is 3.64. The lowest BCUT2D eigenvalue weighted by molar-refractivity contribution is 0.198. The van der Waals surface area contributed by atoms with Crippen molar-refractivity contribution in [1.29, 1.82) is 0 Å². The van der Waals surface area contributed by atoms with Gasteiger partial charge in [0.05, 0.1) is 6.54 Å². The summed E-state index contributed by atoms with van der Waals surface area (Å²) < 4.78 is 13.5. The van der Waals surface area contributed by atoms with Gasteiger partial charge in [-0.15, -0.1) is 24.0 Å². The third-order valence-electron chi connectivity index (χ3n) is 5.19. The number of phenols is 1. The smallest absolute Gasteiger partial charge is 0.191 e. The van der Waals surface area contributed by atoms with E-state index < -0.39 is 5.82 Å². The molecule has 7 heteroatoms. The fourth-order valence-electron chi connectivity index (χ4n) is 3.64. The van der Waals surface area contributed by atoms with Gasteiger partial charge < -0.3 is 15.7 Å². The molecule has 0 atom stereocenters. The number of halogens is 2. The molecule has 0 amide bonds. The maximum Gasteiger partial charge on any atom is 0.191 e. The van der Waals surface area contributed by atoms with Crippen molar-refractivity contribution in [1.82, 2.24) is 15.5 Å². The molecule has 0 spiro atoms. The summed E-state index contributed by atoms with van der Waals surface area (Å²) in [6.45, 7) is 8.38. The van der Waals surface area contributed by atoms with Gasteiger partial charge in [0, 0.05) is 32.2 Å². The number of aromatic hydroxyl groups is 1. The van der Waals surface area contributed by atoms with Gasteiger partial charge >= 0.3 is 0 Å². The number of hydrogen-bond acceptors (Lipinski definition) is 3. The zero-order valence-corrected chi connectivity index (χ0v) is 20.0. The summed E-state index contributed by atoms with van der Waals surface area (Å²) in [6, 6.07) is 13.5. The molecule has 3 N–H and O–H groups in total. The lowest BCUT2D eigenvalue weighted by Crippen LogP contribution is -2.48. The Morgan fingerprint density at radius 1 is 1.17 bits per heavy atom. The monoisotopic (exact) mass is 526 g/mol. The average Bonchev–Trinajstić information content (AvgIpc) is 2.70. The number of nitrogens with zero attached hydrogens (tertiary/aromatic N) is 2. The number of phenolic OH excluding ortho intramolecular Hbond substituents is 1. The van der Waals surface area contributed by atoms with E-state index in [1.165, 1.54) is 23.3 Å². The van der Waals surface area contributed by atoms with E-state index in [-0.39, 0.29) is 29.7 Å². The Kier molecular flexibility index (Phi) is 9.84. The second kappa shape index (κ2) is 12.1. The van der Waals surface area contributed by atoms with Crippen molar-refractivity contribution in [3.63, 3.8) is 0 Å². The first kappa shape index (κ1) is 24.4. The molecular formula is C23H32FIN4O. The summed E-state index contributed by atoms with van der Waals surface area (Å²) in [5, 5.41) is 16.1. The Hall–Kier alpha value is -1.87. The number of rotatable bonds is 6. The molecule has 0 bridgehead atoms. The summed E-state index contributed by atoms with van der Waals surface area (Å²) >= 11 is 0. The number of nitrogens with one attached hydrogen (secondary N) is 2. The van der Waals surface area contributed by atoms with Crippen molar-refractivity contribution >= 4 is 29.9 Å². The van der Waals surface area contributed by atoms with Gasteiger partial charge in [-0.25, -0.2) is 9.38 Å². The van der Waals surface area contributed by atoms with Crippen LogP contribution >= 0.6 is 24.0 Å². The normalized spacial score (nSPS) is 15.5. The largest absolute Gasteiger partial charge is 0.505 e. The first-order valence-corrected chi connectivity index (χ1v) is 10.3. The third-order valence-corrected chi connectivity index (χ3v) is 5.19. The topological polar surface area (TPSA) is 59.9 Å². The van der Waals surface area contributed by atoms with Crippen LogP contribution in [0.5, 0.6) is 5.75 Å². The van der Waals surface area contributed by atoms with Crippen molar-refractivity contribution in [3.05, 3.63) is 65.0 Å². The van der Waals surface area contributed by atoms with Gasteiger partial charge in [0.15, 0.2) is 17.5 Å². The molecular weight excluding hydrogens is 494 g/mol. The number of aryl methyl sites for hydroxylation is 1. The Labute approximate surface area is 195 Å². The third kappa shape index (κ3) is 7.43. The van der Waals surface area contributed by atoms with Crippen molar-refractivity contribution < 1.29 is 9.50 Å². The van der Waals surface area contributed by atoms with Gasteiger partial charge in [-0.2, -0.15) is 0 Å². The average molecular weight is 526 g/mol. The zero-order chi connectivity index (χ0) is 20.6. The first-order valence-electron chi connectivity index (χ1n) is 10.3. The molecule has 1 aliphatic rings. The van der Waals surface area contributed by atoms with Crippen LogP contribution in [0.1, 0.15) is 36.5 Å². The molecule has 0 unspecified atom stereocenters. The second-order valence-corrected chi connectivity index (χ2v) is 7.66. The van der Waals surface area contributed by atoms with Gasteiger partial charge in [0.2, 0.25) is 0 Å². The van der Waals surface area contributed by atoms with Crippen molar-refractivity contribution in [2.24, 2.45) is 4.99 Å². The van der Waals surface area contributed by atoms with E-state index in [1.54, 1.807) is 6.07 Å². The molecule has 2 aromatic rings. The van der Waals surface area contributed by atoms with Crippen molar-refractivity contribution in [3.8, 4) is 5.75 Å². The molecule has 1 saturated heterocycles. The molecule has 0 radical (unpaired) electrons. The second-order valence-electron chi connectivity index (χ2n) is 7.66. The fraction of sp³-hybridized carbons (Fsp3) is 0.435. The van der Waals surface area contributed by atoms with Crippen LogP contribution in [-0.2, 0) is 13.1 Å². The van der Waals surface area contributed by atoms with E-state index in [0.29, 0.717) is 12.6 Å². The van der Waals surface area contributed by atoms with Crippen molar-refractivity contribution in [2.75, 3.05) is 19.6 Å². The van der Waals surface area contributed by atoms with Crippen LogP contribution in [-0.4, -0.2) is 41.6 Å². The summed E-state index contributed by atoms with van der Waals surface area (Å²) in [5.74, 6) is -0.199. The Balaban J connectivity index is 0.00000320. The summed E-state index contributed by atoms with van der Waals surface area (Å²) in [5.41, 5.74) is 3.40. The highest BCUT2D eigenvalue weighted by Gasteiger charge is 2.20. The maximum absolute atomic E-state index is 13.5. The van der Waals surface area contributed by atoms with Gasteiger partial charge in [-0.3, -0.25) is 4.90 Å². The summed E-state index contributed by atoms with van der Waals surface area (Å²) in [7, 11) is 0. The number of benzene rings is 2. The summed E-state index contributed by atoms with van der Waals surface area (Å²) in [4.78, 5) is 7.07. The van der Waals surface area contributed by atoms with Crippen molar-refractivity contribution in [2.45, 2.75) is 45.8 Å². The highest BCUT2D eigenvalue weighted by Crippen LogP contribution is 2.17. The Morgan fingerprint density at radius 3 is 2.60 bits per heavy atom. The van der Waals surface area contributed by atoms with Crippen LogP contribution in [0.4, 0.5) is 4.39 Å². The predicted molar refractivity (Wildman–Crippen MR) is 131 cm³/mol. The molecule has 1 heterocycles. The molecule has 0 aliphatic carbocycles. The van der Waals surface area contributed by atoms with Gasteiger partial charge in [-0.05, 0) is 49.9 Å². The van der Waals surface area contributed by atoms with E-state index in [1.807, 2.05) is 6.92 Å². The molecule has 30 heavy (non-hydrogen) atoms. The van der Waals surface area contributed by atoms with Crippen LogP contribution in [0, 0.1) is 12.7 Å². The standard InChI is InChI=1S/C23H31FN4O.HI/c1-3-25-23(26-15-18-7-8-22(29)21(24)14-18)27-20-9-11-28(12-10-20)16-19-6-4-5-17(2)13-19;/h4-8,13-14,20,29H,3,9-12,15-16H2,1-2H3,(H2,25,26,27);1H. The van der Waals surface area contributed by atoms with Crippen LogP contribution in [0.15, 0.2) is 47.5 Å². The summed E-state index contributed by atoms with van der Waals surface area (Å²) in [6.07, 6.45) is 2.12. The molecule has 1 aliphatic heterocycles.